The van der Waals surface area contributed by atoms with Crippen molar-refractivity contribution < 1.29 is 18.7 Å². The SMILES string of the molecule is Cc1ccnn1-c1ccc(C(=O)OCC(=O)Nc2ccccc2F)cc1. The molecule has 0 atom stereocenters. The van der Waals surface area contributed by atoms with Crippen LogP contribution in [0.15, 0.2) is 60.8 Å². The number of rotatable bonds is 5. The Kier molecular flexibility index (Phi) is 5.07. The summed E-state index contributed by atoms with van der Waals surface area (Å²) < 4.78 is 20.2. The first-order valence-electron chi connectivity index (χ1n) is 7.87. The van der Waals surface area contributed by atoms with Gasteiger partial charge >= 0.3 is 5.97 Å². The summed E-state index contributed by atoms with van der Waals surface area (Å²) in [5.41, 5.74) is 2.11. The molecule has 0 saturated heterocycles. The van der Waals surface area contributed by atoms with Gasteiger partial charge in [-0.05, 0) is 49.4 Å². The molecule has 7 heteroatoms. The summed E-state index contributed by atoms with van der Waals surface area (Å²) in [6, 6.07) is 14.3. The number of esters is 1. The Labute approximate surface area is 149 Å². The van der Waals surface area contributed by atoms with Crippen LogP contribution in [0.25, 0.3) is 5.69 Å². The third kappa shape index (κ3) is 3.94. The van der Waals surface area contributed by atoms with E-state index < -0.39 is 24.3 Å². The van der Waals surface area contributed by atoms with Gasteiger partial charge in [0.05, 0.1) is 16.9 Å². The Morgan fingerprint density at radius 1 is 1.12 bits per heavy atom. The highest BCUT2D eigenvalue weighted by Gasteiger charge is 2.12. The number of amides is 1. The number of halogens is 1. The van der Waals surface area contributed by atoms with Crippen molar-refractivity contribution in [3.63, 3.8) is 0 Å². The molecule has 1 amide bonds. The van der Waals surface area contributed by atoms with Crippen LogP contribution in [0.5, 0.6) is 0 Å². The number of benzene rings is 2. The standard InChI is InChI=1S/C19H16FN3O3/c1-13-10-11-21-23(13)15-8-6-14(7-9-15)19(25)26-12-18(24)22-17-5-3-2-4-16(17)20/h2-11H,12H2,1H3,(H,22,24). The van der Waals surface area contributed by atoms with E-state index in [4.69, 9.17) is 4.74 Å². The first-order valence-corrected chi connectivity index (χ1v) is 7.87. The molecule has 132 valence electrons. The number of aromatic nitrogens is 2. The molecule has 1 aromatic heterocycles. The Balaban J connectivity index is 1.57. The summed E-state index contributed by atoms with van der Waals surface area (Å²) in [4.78, 5) is 23.8. The highest BCUT2D eigenvalue weighted by molar-refractivity contribution is 5.95. The fraction of sp³-hybridized carbons (Fsp3) is 0.105. The zero-order valence-corrected chi connectivity index (χ0v) is 14.0. The molecule has 0 radical (unpaired) electrons. The minimum absolute atomic E-state index is 0.0347. The summed E-state index contributed by atoms with van der Waals surface area (Å²) in [5.74, 6) is -1.82. The van der Waals surface area contributed by atoms with Crippen LogP contribution < -0.4 is 5.32 Å². The molecule has 0 aliphatic heterocycles. The smallest absolute Gasteiger partial charge is 0.338 e. The number of aryl methyl sites for hydroxylation is 1. The zero-order valence-electron chi connectivity index (χ0n) is 14.0. The molecule has 0 aliphatic rings. The van der Waals surface area contributed by atoms with E-state index in [1.807, 2.05) is 13.0 Å². The van der Waals surface area contributed by atoms with Gasteiger partial charge < -0.3 is 10.1 Å². The summed E-state index contributed by atoms with van der Waals surface area (Å²) in [5, 5.41) is 6.53. The molecule has 1 N–H and O–H groups in total. The molecule has 0 fully saturated rings. The van der Waals surface area contributed by atoms with Crippen molar-refractivity contribution in [2.75, 3.05) is 11.9 Å². The topological polar surface area (TPSA) is 73.2 Å². The highest BCUT2D eigenvalue weighted by atomic mass is 19.1. The van der Waals surface area contributed by atoms with E-state index in [9.17, 15) is 14.0 Å². The van der Waals surface area contributed by atoms with Crippen molar-refractivity contribution in [1.29, 1.82) is 0 Å². The molecule has 1 heterocycles. The molecule has 0 bridgehead atoms. The van der Waals surface area contributed by atoms with E-state index >= 15 is 0 Å². The number of para-hydroxylation sites is 1. The van der Waals surface area contributed by atoms with E-state index in [-0.39, 0.29) is 5.69 Å². The van der Waals surface area contributed by atoms with Gasteiger partial charge in [-0.15, -0.1) is 0 Å². The van der Waals surface area contributed by atoms with Crippen molar-refractivity contribution in [1.82, 2.24) is 9.78 Å². The van der Waals surface area contributed by atoms with Gasteiger partial charge in [-0.2, -0.15) is 5.10 Å². The van der Waals surface area contributed by atoms with Crippen LogP contribution in [0.4, 0.5) is 10.1 Å². The van der Waals surface area contributed by atoms with Gasteiger partial charge in [0.2, 0.25) is 0 Å². The third-order valence-electron chi connectivity index (χ3n) is 3.66. The predicted molar refractivity (Wildman–Crippen MR) is 93.6 cm³/mol. The number of nitrogens with one attached hydrogen (secondary N) is 1. The number of hydrogen-bond donors (Lipinski definition) is 1. The number of hydrogen-bond acceptors (Lipinski definition) is 4. The van der Waals surface area contributed by atoms with E-state index in [2.05, 4.69) is 10.4 Å². The maximum Gasteiger partial charge on any atom is 0.338 e. The fourth-order valence-electron chi connectivity index (χ4n) is 2.34. The molecule has 26 heavy (non-hydrogen) atoms. The second-order valence-corrected chi connectivity index (χ2v) is 5.54. The quantitative estimate of drug-likeness (QED) is 0.715. The van der Waals surface area contributed by atoms with E-state index in [1.165, 1.54) is 18.2 Å². The van der Waals surface area contributed by atoms with Gasteiger partial charge in [0.15, 0.2) is 6.61 Å². The molecule has 0 aliphatic carbocycles. The second-order valence-electron chi connectivity index (χ2n) is 5.54. The lowest BCUT2D eigenvalue weighted by atomic mass is 10.2. The molecule has 2 aromatic carbocycles. The van der Waals surface area contributed by atoms with Crippen molar-refractivity contribution in [3.8, 4) is 5.69 Å². The van der Waals surface area contributed by atoms with Crippen LogP contribution in [-0.2, 0) is 9.53 Å². The zero-order chi connectivity index (χ0) is 18.5. The van der Waals surface area contributed by atoms with Crippen LogP contribution in [0.2, 0.25) is 0 Å². The first kappa shape index (κ1) is 17.3. The molecular formula is C19H16FN3O3. The van der Waals surface area contributed by atoms with Crippen molar-refractivity contribution in [3.05, 3.63) is 77.9 Å². The van der Waals surface area contributed by atoms with Crippen LogP contribution in [0.3, 0.4) is 0 Å². The van der Waals surface area contributed by atoms with Gasteiger partial charge in [0, 0.05) is 11.9 Å². The highest BCUT2D eigenvalue weighted by Crippen LogP contribution is 2.13. The van der Waals surface area contributed by atoms with Crippen LogP contribution in [0.1, 0.15) is 16.1 Å². The monoisotopic (exact) mass is 353 g/mol. The van der Waals surface area contributed by atoms with Gasteiger partial charge in [0.25, 0.3) is 5.91 Å². The minimum Gasteiger partial charge on any atom is -0.452 e. The number of carbonyl (C=O) groups excluding carboxylic acids is 2. The Morgan fingerprint density at radius 3 is 2.50 bits per heavy atom. The summed E-state index contributed by atoms with van der Waals surface area (Å²) >= 11 is 0. The average molecular weight is 353 g/mol. The third-order valence-corrected chi connectivity index (χ3v) is 3.66. The number of carbonyl (C=O) groups is 2. The molecule has 6 nitrogen and oxygen atoms in total. The average Bonchev–Trinajstić information content (AvgIpc) is 3.08. The second kappa shape index (κ2) is 7.60. The molecule has 0 saturated carbocycles. The van der Waals surface area contributed by atoms with Gasteiger partial charge in [-0.25, -0.2) is 13.9 Å². The van der Waals surface area contributed by atoms with Crippen molar-refractivity contribution in [2.45, 2.75) is 6.92 Å². The fourth-order valence-corrected chi connectivity index (χ4v) is 2.34. The summed E-state index contributed by atoms with van der Waals surface area (Å²) in [7, 11) is 0. The van der Waals surface area contributed by atoms with Crippen molar-refractivity contribution >= 4 is 17.6 Å². The molecule has 0 unspecified atom stereocenters. The normalized spacial score (nSPS) is 10.4. The first-order chi connectivity index (χ1) is 12.5. The lowest BCUT2D eigenvalue weighted by molar-refractivity contribution is -0.119. The largest absolute Gasteiger partial charge is 0.452 e. The van der Waals surface area contributed by atoms with Gasteiger partial charge in [-0.3, -0.25) is 4.79 Å². The maximum atomic E-state index is 13.5. The number of ether oxygens (including phenoxy) is 1. The van der Waals surface area contributed by atoms with Crippen LogP contribution in [-0.4, -0.2) is 28.3 Å². The molecular weight excluding hydrogens is 337 g/mol. The number of nitrogens with zero attached hydrogens (tertiary/aromatic N) is 2. The summed E-state index contributed by atoms with van der Waals surface area (Å²) in [6.45, 7) is 1.41. The van der Waals surface area contributed by atoms with Gasteiger partial charge in [-0.1, -0.05) is 12.1 Å². The minimum atomic E-state index is -0.641. The molecule has 3 rings (SSSR count). The Hall–Kier alpha value is -3.48. The maximum absolute atomic E-state index is 13.5. The van der Waals surface area contributed by atoms with Gasteiger partial charge in [0.1, 0.15) is 5.82 Å². The Morgan fingerprint density at radius 2 is 1.85 bits per heavy atom. The number of anilines is 1. The lowest BCUT2D eigenvalue weighted by Gasteiger charge is -2.08. The molecule has 0 spiro atoms. The predicted octanol–water partition coefficient (Wildman–Crippen LogP) is 3.12. The molecule has 3 aromatic rings. The van der Waals surface area contributed by atoms with E-state index in [0.29, 0.717) is 5.56 Å². The summed E-state index contributed by atoms with van der Waals surface area (Å²) in [6.07, 6.45) is 1.69. The Bertz CT molecular complexity index is 935. The van der Waals surface area contributed by atoms with Crippen molar-refractivity contribution in [2.24, 2.45) is 0 Å². The lowest BCUT2D eigenvalue weighted by Crippen LogP contribution is -2.21. The van der Waals surface area contributed by atoms with Crippen LogP contribution >= 0.6 is 0 Å². The van der Waals surface area contributed by atoms with Crippen LogP contribution in [0, 0.1) is 12.7 Å². The van der Waals surface area contributed by atoms with E-state index in [1.54, 1.807) is 41.2 Å². The van der Waals surface area contributed by atoms with E-state index in [0.717, 1.165) is 11.4 Å².